The molecule has 0 saturated heterocycles. The van der Waals surface area contributed by atoms with Crippen molar-refractivity contribution in [2.75, 3.05) is 18.9 Å². The third-order valence-electron chi connectivity index (χ3n) is 3.69. The second-order valence-corrected chi connectivity index (χ2v) is 8.51. The maximum absolute atomic E-state index is 12.6. The highest BCUT2D eigenvalue weighted by Gasteiger charge is 2.26. The smallest absolute Gasteiger partial charge is 0.244 e. The van der Waals surface area contributed by atoms with Crippen molar-refractivity contribution in [3.05, 3.63) is 57.6 Å². The van der Waals surface area contributed by atoms with Crippen LogP contribution in [0.1, 0.15) is 11.1 Å². The summed E-state index contributed by atoms with van der Waals surface area (Å²) in [5, 5.41) is 3.05. The first-order valence-corrected chi connectivity index (χ1v) is 9.60. The molecule has 2 rings (SSSR count). The third kappa shape index (κ3) is 4.52. The molecule has 2 aromatic rings. The average molecular weight is 401 g/mol. The number of benzene rings is 2. The summed E-state index contributed by atoms with van der Waals surface area (Å²) < 4.78 is 26.2. The lowest BCUT2D eigenvalue weighted by molar-refractivity contribution is -0.116. The summed E-state index contributed by atoms with van der Waals surface area (Å²) in [5.41, 5.74) is 2.48. The molecule has 0 aliphatic carbocycles. The monoisotopic (exact) mass is 400 g/mol. The fraction of sp³-hybridized carbons (Fsp3) is 0.235. The highest BCUT2D eigenvalue weighted by atomic mass is 35.5. The highest BCUT2D eigenvalue weighted by Crippen LogP contribution is 2.27. The second-order valence-electron chi connectivity index (χ2n) is 5.65. The van der Waals surface area contributed by atoms with Gasteiger partial charge in [-0.05, 0) is 43.2 Å². The van der Waals surface area contributed by atoms with E-state index in [1.807, 2.05) is 32.0 Å². The van der Waals surface area contributed by atoms with Gasteiger partial charge in [0.15, 0.2) is 0 Å². The van der Waals surface area contributed by atoms with E-state index < -0.39 is 15.9 Å². The fourth-order valence-corrected chi connectivity index (χ4v) is 4.18. The molecule has 0 heterocycles. The first kappa shape index (κ1) is 19.7. The number of nitrogens with one attached hydrogen (secondary N) is 1. The van der Waals surface area contributed by atoms with E-state index in [0.717, 1.165) is 15.4 Å². The molecule has 5 nitrogen and oxygen atoms in total. The number of halogens is 2. The number of rotatable bonds is 5. The van der Waals surface area contributed by atoms with Gasteiger partial charge in [-0.15, -0.1) is 0 Å². The van der Waals surface area contributed by atoms with Crippen LogP contribution in [0.15, 0.2) is 41.3 Å². The summed E-state index contributed by atoms with van der Waals surface area (Å²) in [4.78, 5) is 12.1. The predicted molar refractivity (Wildman–Crippen MR) is 101 cm³/mol. The third-order valence-corrected chi connectivity index (χ3v) is 6.21. The van der Waals surface area contributed by atoms with Gasteiger partial charge in [-0.1, -0.05) is 41.4 Å². The minimum absolute atomic E-state index is 0.0476. The zero-order chi connectivity index (χ0) is 18.8. The Hall–Kier alpha value is -1.60. The van der Waals surface area contributed by atoms with Gasteiger partial charge in [-0.2, -0.15) is 4.31 Å². The van der Waals surface area contributed by atoms with Crippen molar-refractivity contribution >= 4 is 44.8 Å². The van der Waals surface area contributed by atoms with Gasteiger partial charge in [0.1, 0.15) is 4.90 Å². The molecule has 0 unspecified atom stereocenters. The van der Waals surface area contributed by atoms with E-state index in [0.29, 0.717) is 5.69 Å². The lowest BCUT2D eigenvalue weighted by Crippen LogP contribution is -2.35. The van der Waals surface area contributed by atoms with Gasteiger partial charge in [-0.25, -0.2) is 8.42 Å². The van der Waals surface area contributed by atoms with E-state index in [1.54, 1.807) is 0 Å². The van der Waals surface area contributed by atoms with Crippen LogP contribution in [0.25, 0.3) is 0 Å². The molecule has 1 amide bonds. The molecule has 0 saturated carbocycles. The largest absolute Gasteiger partial charge is 0.324 e. The van der Waals surface area contributed by atoms with Crippen molar-refractivity contribution in [1.29, 1.82) is 0 Å². The Balaban J connectivity index is 2.19. The fourth-order valence-electron chi connectivity index (χ4n) is 2.32. The van der Waals surface area contributed by atoms with Crippen molar-refractivity contribution in [3.8, 4) is 0 Å². The second kappa shape index (κ2) is 7.74. The average Bonchev–Trinajstić information content (AvgIpc) is 2.53. The summed E-state index contributed by atoms with van der Waals surface area (Å²) in [5.74, 6) is -0.443. The molecule has 1 N–H and O–H groups in total. The Labute approximate surface area is 157 Å². The summed E-state index contributed by atoms with van der Waals surface area (Å²) >= 11 is 11.8. The van der Waals surface area contributed by atoms with Crippen molar-refractivity contribution in [1.82, 2.24) is 4.31 Å². The van der Waals surface area contributed by atoms with Gasteiger partial charge in [0.2, 0.25) is 15.9 Å². The van der Waals surface area contributed by atoms with Crippen LogP contribution in [0.4, 0.5) is 5.69 Å². The van der Waals surface area contributed by atoms with Crippen LogP contribution in [0.5, 0.6) is 0 Å². The van der Waals surface area contributed by atoms with Gasteiger partial charge in [0, 0.05) is 17.8 Å². The molecular formula is C17H18Cl2N2O3S. The molecule has 25 heavy (non-hydrogen) atoms. The molecule has 0 fully saturated rings. The first-order valence-electron chi connectivity index (χ1n) is 7.40. The standard InChI is InChI=1S/C17H18Cl2N2O3S/c1-11-5-4-6-12(2)17(11)20-16(22)10-21(3)25(23,24)15-9-13(18)7-8-14(15)19/h4-9H,10H2,1-3H3,(H,20,22). The molecule has 0 atom stereocenters. The van der Waals surface area contributed by atoms with Crippen LogP contribution in [-0.4, -0.2) is 32.2 Å². The van der Waals surface area contributed by atoms with E-state index in [2.05, 4.69) is 5.32 Å². The zero-order valence-electron chi connectivity index (χ0n) is 14.0. The molecule has 0 radical (unpaired) electrons. The molecule has 8 heteroatoms. The molecule has 0 aliphatic heterocycles. The van der Waals surface area contributed by atoms with Crippen LogP contribution < -0.4 is 5.32 Å². The minimum Gasteiger partial charge on any atom is -0.324 e. The van der Waals surface area contributed by atoms with Gasteiger partial charge < -0.3 is 5.32 Å². The Morgan fingerprint density at radius 3 is 2.32 bits per heavy atom. The van der Waals surface area contributed by atoms with Crippen LogP contribution in [0.2, 0.25) is 10.0 Å². The Bertz CT molecular complexity index is 894. The number of amides is 1. The van der Waals surface area contributed by atoms with Crippen LogP contribution in [0, 0.1) is 13.8 Å². The first-order chi connectivity index (χ1) is 11.6. The molecule has 0 aliphatic rings. The summed E-state index contributed by atoms with van der Waals surface area (Å²) in [7, 11) is -2.63. The maximum atomic E-state index is 12.6. The minimum atomic E-state index is -3.94. The summed E-state index contributed by atoms with van der Waals surface area (Å²) in [6.45, 7) is 3.39. The van der Waals surface area contributed by atoms with E-state index in [4.69, 9.17) is 23.2 Å². The Kier molecular flexibility index (Phi) is 6.11. The van der Waals surface area contributed by atoms with Gasteiger partial charge >= 0.3 is 0 Å². The molecule has 134 valence electrons. The number of anilines is 1. The molecular weight excluding hydrogens is 383 g/mol. The van der Waals surface area contributed by atoms with Gasteiger partial charge in [0.25, 0.3) is 0 Å². The van der Waals surface area contributed by atoms with Crippen LogP contribution >= 0.6 is 23.2 Å². The number of hydrogen-bond donors (Lipinski definition) is 1. The van der Waals surface area contributed by atoms with Crippen molar-refractivity contribution in [2.45, 2.75) is 18.7 Å². The van der Waals surface area contributed by atoms with E-state index in [-0.39, 0.29) is 21.5 Å². The van der Waals surface area contributed by atoms with Crippen molar-refractivity contribution < 1.29 is 13.2 Å². The SMILES string of the molecule is Cc1cccc(C)c1NC(=O)CN(C)S(=O)(=O)c1cc(Cl)ccc1Cl. The number of aryl methyl sites for hydroxylation is 2. The lowest BCUT2D eigenvalue weighted by Gasteiger charge is -2.19. The van der Waals surface area contributed by atoms with Crippen molar-refractivity contribution in [3.63, 3.8) is 0 Å². The number of carbonyl (C=O) groups excluding carboxylic acids is 1. The molecule has 0 spiro atoms. The number of likely N-dealkylation sites (N-methyl/N-ethyl adjacent to an activating group) is 1. The van der Waals surface area contributed by atoms with Gasteiger partial charge in [0.05, 0.1) is 11.6 Å². The number of nitrogens with zero attached hydrogens (tertiary/aromatic N) is 1. The lowest BCUT2D eigenvalue weighted by atomic mass is 10.1. The van der Waals surface area contributed by atoms with E-state index in [9.17, 15) is 13.2 Å². The van der Waals surface area contributed by atoms with E-state index in [1.165, 1.54) is 25.2 Å². The van der Waals surface area contributed by atoms with E-state index >= 15 is 0 Å². The summed E-state index contributed by atoms with van der Waals surface area (Å²) in [6.07, 6.45) is 0. The van der Waals surface area contributed by atoms with Crippen LogP contribution in [0.3, 0.4) is 0 Å². The number of para-hydroxylation sites is 1. The summed E-state index contributed by atoms with van der Waals surface area (Å²) in [6, 6.07) is 9.79. The molecule has 2 aromatic carbocycles. The normalized spacial score (nSPS) is 11.6. The maximum Gasteiger partial charge on any atom is 0.244 e. The molecule has 0 bridgehead atoms. The quantitative estimate of drug-likeness (QED) is 0.827. The number of sulfonamides is 1. The van der Waals surface area contributed by atoms with Gasteiger partial charge in [-0.3, -0.25) is 4.79 Å². The Morgan fingerprint density at radius 2 is 1.72 bits per heavy atom. The predicted octanol–water partition coefficient (Wildman–Crippen LogP) is 3.87. The highest BCUT2D eigenvalue weighted by molar-refractivity contribution is 7.89. The number of hydrogen-bond acceptors (Lipinski definition) is 3. The molecule has 0 aromatic heterocycles. The number of carbonyl (C=O) groups is 1. The topological polar surface area (TPSA) is 66.5 Å². The van der Waals surface area contributed by atoms with Crippen molar-refractivity contribution in [2.24, 2.45) is 0 Å². The van der Waals surface area contributed by atoms with Crippen LogP contribution in [-0.2, 0) is 14.8 Å². The Morgan fingerprint density at radius 1 is 1.12 bits per heavy atom. The zero-order valence-corrected chi connectivity index (χ0v) is 16.3.